The quantitative estimate of drug-likeness (QED) is 0.217. The lowest BCUT2D eigenvalue weighted by Crippen LogP contribution is -2.41. The van der Waals surface area contributed by atoms with Crippen LogP contribution in [0, 0.1) is 16.7 Å². The van der Waals surface area contributed by atoms with Crippen LogP contribution in [0.3, 0.4) is 0 Å². The lowest BCUT2D eigenvalue weighted by Gasteiger charge is -2.36. The van der Waals surface area contributed by atoms with E-state index in [1.807, 2.05) is 120 Å². The first-order valence-corrected chi connectivity index (χ1v) is 14.4. The van der Waals surface area contributed by atoms with Crippen molar-refractivity contribution < 1.29 is 19.1 Å². The summed E-state index contributed by atoms with van der Waals surface area (Å²) in [5, 5.41) is 10.9. The largest absolute Gasteiger partial charge is 0.468 e. The van der Waals surface area contributed by atoms with Gasteiger partial charge >= 0.3 is 11.9 Å². The molecule has 0 aliphatic carbocycles. The molecule has 0 aromatic heterocycles. The number of hydrogen-bond acceptors (Lipinski definition) is 6. The topological polar surface area (TPSA) is 79.6 Å². The van der Waals surface area contributed by atoms with Gasteiger partial charge in [0.05, 0.1) is 19.2 Å². The molecule has 1 saturated heterocycles. The maximum Gasteiger partial charge on any atom is 0.330 e. The maximum absolute atomic E-state index is 14.6. The highest BCUT2D eigenvalue weighted by molar-refractivity contribution is 9.10. The van der Waals surface area contributed by atoms with E-state index in [1.54, 1.807) is 6.20 Å². The number of nitriles is 1. The molecular formula is C35H27BrN2O4. The Bertz CT molecular complexity index is 1640. The molecular weight excluding hydrogens is 592 g/mol. The van der Waals surface area contributed by atoms with Crippen LogP contribution in [-0.2, 0) is 19.1 Å². The van der Waals surface area contributed by atoms with Gasteiger partial charge < -0.3 is 14.4 Å². The summed E-state index contributed by atoms with van der Waals surface area (Å²) in [6.07, 6.45) is 3.01. The minimum absolute atomic E-state index is 0.546. The summed E-state index contributed by atoms with van der Waals surface area (Å²) >= 11 is 3.48. The summed E-state index contributed by atoms with van der Waals surface area (Å²) in [6, 6.07) is 34.6. The molecule has 42 heavy (non-hydrogen) atoms. The van der Waals surface area contributed by atoms with Crippen LogP contribution in [0.15, 0.2) is 120 Å². The molecule has 4 aromatic carbocycles. The van der Waals surface area contributed by atoms with Crippen molar-refractivity contribution in [1.29, 1.82) is 5.26 Å². The fourth-order valence-electron chi connectivity index (χ4n) is 6.38. The molecule has 4 atom stereocenters. The van der Waals surface area contributed by atoms with E-state index in [0.29, 0.717) is 5.56 Å². The monoisotopic (exact) mass is 618 g/mol. The molecule has 2 aliphatic heterocycles. The summed E-state index contributed by atoms with van der Waals surface area (Å²) < 4.78 is 12.6. The number of benzene rings is 4. The standard InChI is InChI=1S/C35H27BrN2O4/c1-41-34(40)35(22-37)29(24-16-18-27(36)19-17-24)30(38-21-20-23-10-8-9-15-28(23)32(35)38)33(39)42-31(25-11-4-2-5-12-25)26-13-6-3-7-14-26/h2-21,29-32H,1H3/t29-,30+,32+,35-/m0/s1. The molecule has 0 saturated carbocycles. The highest BCUT2D eigenvalue weighted by Gasteiger charge is 2.68. The van der Waals surface area contributed by atoms with E-state index in [-0.39, 0.29) is 0 Å². The van der Waals surface area contributed by atoms with Gasteiger partial charge in [0.25, 0.3) is 0 Å². The van der Waals surface area contributed by atoms with E-state index >= 15 is 0 Å². The van der Waals surface area contributed by atoms with Gasteiger partial charge in [0.1, 0.15) is 6.04 Å². The van der Waals surface area contributed by atoms with Gasteiger partial charge in [-0.05, 0) is 46.0 Å². The van der Waals surface area contributed by atoms with Gasteiger partial charge in [0, 0.05) is 16.6 Å². The fourth-order valence-corrected chi connectivity index (χ4v) is 6.64. The van der Waals surface area contributed by atoms with Crippen LogP contribution in [0.2, 0.25) is 0 Å². The van der Waals surface area contributed by atoms with Crippen LogP contribution in [0.1, 0.15) is 45.9 Å². The van der Waals surface area contributed by atoms with Crippen LogP contribution in [0.4, 0.5) is 0 Å². The van der Waals surface area contributed by atoms with E-state index < -0.39 is 41.5 Å². The predicted molar refractivity (Wildman–Crippen MR) is 162 cm³/mol. The Morgan fingerprint density at radius 1 is 0.881 bits per heavy atom. The van der Waals surface area contributed by atoms with Gasteiger partial charge in [-0.1, -0.05) is 113 Å². The van der Waals surface area contributed by atoms with Gasteiger partial charge in [0.2, 0.25) is 0 Å². The van der Waals surface area contributed by atoms with Crippen molar-refractivity contribution >= 4 is 33.9 Å². The normalized spacial score (nSPS) is 22.1. The van der Waals surface area contributed by atoms with Crippen molar-refractivity contribution in [3.8, 4) is 6.07 Å². The van der Waals surface area contributed by atoms with Crippen LogP contribution in [0.5, 0.6) is 0 Å². The van der Waals surface area contributed by atoms with Crippen LogP contribution in [-0.4, -0.2) is 30.0 Å². The third-order valence-electron chi connectivity index (χ3n) is 8.19. The van der Waals surface area contributed by atoms with Crippen LogP contribution >= 0.6 is 15.9 Å². The Balaban J connectivity index is 1.54. The molecule has 208 valence electrons. The van der Waals surface area contributed by atoms with E-state index in [0.717, 1.165) is 26.7 Å². The average molecular weight is 620 g/mol. The number of esters is 2. The Kier molecular flexibility index (Phi) is 7.40. The van der Waals surface area contributed by atoms with Gasteiger partial charge in [-0.15, -0.1) is 0 Å². The molecule has 0 N–H and O–H groups in total. The van der Waals surface area contributed by atoms with E-state index in [9.17, 15) is 14.9 Å². The number of halogens is 1. The Morgan fingerprint density at radius 2 is 1.48 bits per heavy atom. The lowest BCUT2D eigenvalue weighted by atomic mass is 9.67. The molecule has 6 rings (SSSR count). The zero-order chi connectivity index (χ0) is 29.3. The van der Waals surface area contributed by atoms with Crippen molar-refractivity contribution in [1.82, 2.24) is 4.90 Å². The first-order chi connectivity index (χ1) is 20.5. The third kappa shape index (κ3) is 4.49. The summed E-state index contributed by atoms with van der Waals surface area (Å²) in [6.45, 7) is 0. The number of methoxy groups -OCH3 is 1. The van der Waals surface area contributed by atoms with Crippen molar-refractivity contribution in [2.75, 3.05) is 7.11 Å². The number of rotatable bonds is 6. The molecule has 4 aromatic rings. The minimum Gasteiger partial charge on any atom is -0.468 e. The average Bonchev–Trinajstić information content (AvgIpc) is 3.36. The highest BCUT2D eigenvalue weighted by Crippen LogP contribution is 2.60. The third-order valence-corrected chi connectivity index (χ3v) is 8.72. The molecule has 1 fully saturated rings. The van der Waals surface area contributed by atoms with Crippen molar-refractivity contribution in [3.05, 3.63) is 148 Å². The van der Waals surface area contributed by atoms with Crippen molar-refractivity contribution in [2.24, 2.45) is 5.41 Å². The molecule has 0 bridgehead atoms. The molecule has 2 heterocycles. The molecule has 2 aliphatic rings. The first-order valence-electron chi connectivity index (χ1n) is 13.6. The van der Waals surface area contributed by atoms with E-state index in [2.05, 4.69) is 22.0 Å². The first kappa shape index (κ1) is 27.5. The van der Waals surface area contributed by atoms with Crippen LogP contribution in [0.25, 0.3) is 6.08 Å². The van der Waals surface area contributed by atoms with E-state index in [1.165, 1.54) is 7.11 Å². The highest BCUT2D eigenvalue weighted by atomic mass is 79.9. The fraction of sp³-hybridized carbons (Fsp3) is 0.171. The smallest absolute Gasteiger partial charge is 0.330 e. The number of ether oxygens (including phenoxy) is 2. The number of nitrogens with zero attached hydrogens (tertiary/aromatic N) is 2. The van der Waals surface area contributed by atoms with E-state index in [4.69, 9.17) is 9.47 Å². The predicted octanol–water partition coefficient (Wildman–Crippen LogP) is 6.96. The second kappa shape index (κ2) is 11.3. The van der Waals surface area contributed by atoms with Gasteiger partial charge in [-0.3, -0.25) is 4.79 Å². The van der Waals surface area contributed by atoms with Crippen LogP contribution < -0.4 is 0 Å². The minimum atomic E-state index is -1.75. The molecule has 0 amide bonds. The number of carbonyl (C=O) groups is 2. The lowest BCUT2D eigenvalue weighted by molar-refractivity contribution is -0.153. The number of hydrogen-bond donors (Lipinski definition) is 0. The van der Waals surface area contributed by atoms with Gasteiger partial charge in [-0.2, -0.15) is 5.26 Å². The Hall–Kier alpha value is -4.67. The Labute approximate surface area is 252 Å². The molecule has 0 spiro atoms. The van der Waals surface area contributed by atoms with Gasteiger partial charge in [0.15, 0.2) is 11.5 Å². The molecule has 0 unspecified atom stereocenters. The van der Waals surface area contributed by atoms with Crippen molar-refractivity contribution in [3.63, 3.8) is 0 Å². The van der Waals surface area contributed by atoms with Gasteiger partial charge in [-0.25, -0.2) is 4.79 Å². The maximum atomic E-state index is 14.6. The second-order valence-electron chi connectivity index (χ2n) is 10.4. The summed E-state index contributed by atoms with van der Waals surface area (Å²) in [5.41, 5.74) is 2.17. The molecule has 6 nitrogen and oxygen atoms in total. The molecule has 7 heteroatoms. The summed E-state index contributed by atoms with van der Waals surface area (Å²) in [4.78, 5) is 30.2. The number of carbonyl (C=O) groups excluding carboxylic acids is 2. The summed E-state index contributed by atoms with van der Waals surface area (Å²) in [5.74, 6) is -2.14. The van der Waals surface area contributed by atoms with Crippen molar-refractivity contribution in [2.45, 2.75) is 24.1 Å². The SMILES string of the molecule is COC(=O)[C@@]1(C#N)[C@@H](c2ccc(Br)cc2)[C@H](C(=O)OC(c2ccccc2)c2ccccc2)N2C=Cc3ccccc3[C@@H]21. The Morgan fingerprint density at radius 3 is 2.07 bits per heavy atom. The molecule has 0 radical (unpaired) electrons. The second-order valence-corrected chi connectivity index (χ2v) is 11.3. The summed E-state index contributed by atoms with van der Waals surface area (Å²) in [7, 11) is 1.28. The zero-order valence-corrected chi connectivity index (χ0v) is 24.3. The number of fused-ring (bicyclic) bond motifs is 3. The zero-order valence-electron chi connectivity index (χ0n) is 22.8.